The van der Waals surface area contributed by atoms with Crippen molar-refractivity contribution in [2.45, 2.75) is 0 Å². The quantitative estimate of drug-likeness (QED) is 0.396. The van der Waals surface area contributed by atoms with Gasteiger partial charge in [-0.2, -0.15) is 5.21 Å². The van der Waals surface area contributed by atoms with Gasteiger partial charge in [-0.25, -0.2) is 0 Å². The Labute approximate surface area is 54.8 Å². The SMILES string of the molecule is [O]n1c(O)c(O)c(O)c1O. The fourth-order valence-electron chi connectivity index (χ4n) is 0.504. The van der Waals surface area contributed by atoms with Crippen molar-refractivity contribution >= 4 is 0 Å². The van der Waals surface area contributed by atoms with Crippen molar-refractivity contribution in [3.63, 3.8) is 0 Å². The third kappa shape index (κ3) is 0.524. The number of hydrogen-bond acceptors (Lipinski definition) is 4. The number of aromatic hydroxyl groups is 4. The van der Waals surface area contributed by atoms with Gasteiger partial charge in [0.05, 0.1) is 0 Å². The van der Waals surface area contributed by atoms with Crippen LogP contribution in [0.4, 0.5) is 0 Å². The Balaban J connectivity index is 3.44. The molecule has 0 spiro atoms. The monoisotopic (exact) mass is 146 g/mol. The van der Waals surface area contributed by atoms with E-state index in [1.165, 1.54) is 0 Å². The molecule has 0 saturated carbocycles. The van der Waals surface area contributed by atoms with E-state index in [9.17, 15) is 5.21 Å². The van der Waals surface area contributed by atoms with Crippen LogP contribution in [0.5, 0.6) is 23.3 Å². The van der Waals surface area contributed by atoms with Gasteiger partial charge in [-0.1, -0.05) is 4.73 Å². The zero-order chi connectivity index (χ0) is 7.89. The van der Waals surface area contributed by atoms with Gasteiger partial charge in [-0.05, 0) is 0 Å². The van der Waals surface area contributed by atoms with Gasteiger partial charge in [-0.3, -0.25) is 0 Å². The first-order valence-corrected chi connectivity index (χ1v) is 2.27. The maximum Gasteiger partial charge on any atom is 0.281 e. The second-order valence-electron chi connectivity index (χ2n) is 1.64. The van der Waals surface area contributed by atoms with Crippen molar-refractivity contribution in [3.05, 3.63) is 0 Å². The molecular weight excluding hydrogens is 142 g/mol. The largest absolute Gasteiger partial charge is 0.500 e. The summed E-state index contributed by atoms with van der Waals surface area (Å²) in [5.41, 5.74) is 0. The van der Waals surface area contributed by atoms with Crippen LogP contribution < -0.4 is 0 Å². The van der Waals surface area contributed by atoms with Crippen molar-refractivity contribution in [1.29, 1.82) is 0 Å². The molecule has 0 atom stereocenters. The lowest BCUT2D eigenvalue weighted by atomic mass is 10.5. The molecule has 0 aliphatic carbocycles. The van der Waals surface area contributed by atoms with Crippen molar-refractivity contribution in [1.82, 2.24) is 4.73 Å². The second kappa shape index (κ2) is 1.63. The number of nitrogens with zero attached hydrogens (tertiary/aromatic N) is 1. The summed E-state index contributed by atoms with van der Waals surface area (Å²) in [5.74, 6) is -4.27. The van der Waals surface area contributed by atoms with E-state index < -0.39 is 28.0 Å². The summed E-state index contributed by atoms with van der Waals surface area (Å²) < 4.78 is -0.398. The molecule has 1 radical (unpaired) electrons. The minimum Gasteiger partial charge on any atom is -0.500 e. The van der Waals surface area contributed by atoms with E-state index in [4.69, 9.17) is 20.4 Å². The Kier molecular flexibility index (Phi) is 1.04. The molecule has 55 valence electrons. The lowest BCUT2D eigenvalue weighted by Gasteiger charge is -1.86. The van der Waals surface area contributed by atoms with E-state index in [1.54, 1.807) is 0 Å². The van der Waals surface area contributed by atoms with Gasteiger partial charge in [0.2, 0.25) is 11.5 Å². The fraction of sp³-hybridized carbons (Fsp3) is 0. The van der Waals surface area contributed by atoms with E-state index in [0.717, 1.165) is 0 Å². The Bertz CT molecular complexity index is 185. The average Bonchev–Trinajstić information content (AvgIpc) is 2.07. The summed E-state index contributed by atoms with van der Waals surface area (Å²) in [6.07, 6.45) is 0. The Morgan fingerprint density at radius 3 is 1.30 bits per heavy atom. The molecule has 1 heterocycles. The van der Waals surface area contributed by atoms with Crippen LogP contribution in [0.1, 0.15) is 0 Å². The van der Waals surface area contributed by atoms with Crippen LogP contribution in [-0.4, -0.2) is 25.2 Å². The Morgan fingerprint density at radius 1 is 0.900 bits per heavy atom. The van der Waals surface area contributed by atoms with Crippen molar-refractivity contribution < 1.29 is 25.6 Å². The molecule has 0 aliphatic rings. The second-order valence-corrected chi connectivity index (χ2v) is 1.64. The summed E-state index contributed by atoms with van der Waals surface area (Å²) in [7, 11) is 0. The van der Waals surface area contributed by atoms with E-state index in [1.807, 2.05) is 0 Å². The zero-order valence-corrected chi connectivity index (χ0v) is 4.64. The molecule has 4 N–H and O–H groups in total. The van der Waals surface area contributed by atoms with Gasteiger partial charge in [0.1, 0.15) is 0 Å². The first kappa shape index (κ1) is 6.40. The Morgan fingerprint density at radius 2 is 1.20 bits per heavy atom. The molecule has 0 saturated heterocycles. The van der Waals surface area contributed by atoms with E-state index in [-0.39, 0.29) is 0 Å². The molecule has 0 aliphatic heterocycles. The maximum absolute atomic E-state index is 10.3. The van der Waals surface area contributed by atoms with Gasteiger partial charge >= 0.3 is 0 Å². The summed E-state index contributed by atoms with van der Waals surface area (Å²) in [6, 6.07) is 0. The Hall–Kier alpha value is -1.72. The summed E-state index contributed by atoms with van der Waals surface area (Å²) >= 11 is 0. The highest BCUT2D eigenvalue weighted by molar-refractivity contribution is 5.53. The molecule has 1 rings (SSSR count). The normalized spacial score (nSPS) is 10.0. The molecule has 0 bridgehead atoms. The van der Waals surface area contributed by atoms with Crippen molar-refractivity contribution in [2.24, 2.45) is 0 Å². The fourth-order valence-corrected chi connectivity index (χ4v) is 0.504. The molecule has 0 fully saturated rings. The van der Waals surface area contributed by atoms with Crippen LogP contribution in [0.3, 0.4) is 0 Å². The molecular formula is C4H4NO5. The van der Waals surface area contributed by atoms with Gasteiger partial charge in [0.15, 0.2) is 0 Å². The molecule has 10 heavy (non-hydrogen) atoms. The molecule has 6 nitrogen and oxygen atoms in total. The van der Waals surface area contributed by atoms with Gasteiger partial charge < -0.3 is 20.4 Å². The first-order chi connectivity index (χ1) is 4.55. The number of rotatable bonds is 0. The highest BCUT2D eigenvalue weighted by Crippen LogP contribution is 2.43. The highest BCUT2D eigenvalue weighted by atomic mass is 16.5. The molecule has 0 unspecified atom stereocenters. The minimum absolute atomic E-state index is 0.398. The number of aromatic nitrogens is 1. The lowest BCUT2D eigenvalue weighted by Crippen LogP contribution is -1.82. The molecule has 1 aromatic rings. The number of hydrogen-bond donors (Lipinski definition) is 4. The van der Waals surface area contributed by atoms with Gasteiger partial charge in [0, 0.05) is 0 Å². The van der Waals surface area contributed by atoms with Crippen LogP contribution >= 0.6 is 0 Å². The van der Waals surface area contributed by atoms with E-state index in [2.05, 4.69) is 0 Å². The maximum atomic E-state index is 10.3. The zero-order valence-electron chi connectivity index (χ0n) is 4.64. The van der Waals surface area contributed by atoms with Crippen molar-refractivity contribution in [3.8, 4) is 23.3 Å². The van der Waals surface area contributed by atoms with Gasteiger partial charge in [-0.15, -0.1) is 0 Å². The third-order valence-electron chi connectivity index (χ3n) is 1.03. The van der Waals surface area contributed by atoms with Crippen LogP contribution in [-0.2, 0) is 5.21 Å². The molecule has 1 aromatic heterocycles. The summed E-state index contributed by atoms with van der Waals surface area (Å²) in [4.78, 5) is 0. The average molecular weight is 146 g/mol. The predicted molar refractivity (Wildman–Crippen MR) is 27.2 cm³/mol. The predicted octanol–water partition coefficient (Wildman–Crippen LogP) is -0.496. The summed E-state index contributed by atoms with van der Waals surface area (Å²) in [6.45, 7) is 0. The standard InChI is InChI=1S/C4H4NO5/c6-1-2(7)4(9)5(10)3(1)8/h6-9H. The smallest absolute Gasteiger partial charge is 0.281 e. The van der Waals surface area contributed by atoms with Crippen LogP contribution in [0.2, 0.25) is 0 Å². The highest BCUT2D eigenvalue weighted by Gasteiger charge is 2.22. The topological polar surface area (TPSA) is 106 Å². The molecule has 0 aromatic carbocycles. The van der Waals surface area contributed by atoms with E-state index in [0.29, 0.717) is 0 Å². The van der Waals surface area contributed by atoms with Crippen LogP contribution in [0.25, 0.3) is 0 Å². The molecule has 6 heteroatoms. The van der Waals surface area contributed by atoms with Crippen LogP contribution in [0, 0.1) is 0 Å². The van der Waals surface area contributed by atoms with E-state index >= 15 is 0 Å². The summed E-state index contributed by atoms with van der Waals surface area (Å²) in [5, 5.41) is 44.3. The minimum atomic E-state index is -1.12. The third-order valence-corrected chi connectivity index (χ3v) is 1.03. The van der Waals surface area contributed by atoms with Gasteiger partial charge in [0.25, 0.3) is 11.8 Å². The first-order valence-electron chi connectivity index (χ1n) is 2.27. The molecule has 0 amide bonds. The van der Waals surface area contributed by atoms with Crippen molar-refractivity contribution in [2.75, 3.05) is 0 Å². The lowest BCUT2D eigenvalue weighted by molar-refractivity contribution is 0.0512. The van der Waals surface area contributed by atoms with Crippen LogP contribution in [0.15, 0.2) is 0 Å².